The summed E-state index contributed by atoms with van der Waals surface area (Å²) in [6.07, 6.45) is 0. The van der Waals surface area contributed by atoms with Crippen LogP contribution in [0.25, 0.3) is 0 Å². The molecule has 0 bridgehead atoms. The fourth-order valence-electron chi connectivity index (χ4n) is 1.83. The first kappa shape index (κ1) is 14.8. The van der Waals surface area contributed by atoms with Crippen molar-refractivity contribution in [2.45, 2.75) is 6.92 Å². The van der Waals surface area contributed by atoms with Gasteiger partial charge < -0.3 is 4.74 Å². The molecule has 0 fully saturated rings. The van der Waals surface area contributed by atoms with Crippen LogP contribution in [-0.2, 0) is 4.74 Å². The van der Waals surface area contributed by atoms with Crippen LogP contribution < -0.4 is 0 Å². The van der Waals surface area contributed by atoms with Crippen LogP contribution in [0.15, 0.2) is 42.5 Å². The van der Waals surface area contributed by atoms with Crippen LogP contribution in [0.3, 0.4) is 0 Å². The van der Waals surface area contributed by atoms with Crippen molar-refractivity contribution in [2.24, 2.45) is 0 Å². The van der Waals surface area contributed by atoms with Crippen molar-refractivity contribution in [3.63, 3.8) is 0 Å². The Kier molecular flexibility index (Phi) is 4.42. The van der Waals surface area contributed by atoms with E-state index in [1.54, 1.807) is 6.92 Å². The van der Waals surface area contributed by atoms with Crippen molar-refractivity contribution >= 4 is 11.8 Å². The van der Waals surface area contributed by atoms with Crippen molar-refractivity contribution < 1.29 is 23.1 Å². The van der Waals surface area contributed by atoms with Crippen molar-refractivity contribution in [3.05, 3.63) is 70.8 Å². The first-order valence-electron chi connectivity index (χ1n) is 6.30. The van der Waals surface area contributed by atoms with Gasteiger partial charge in [0.1, 0.15) is 11.6 Å². The predicted molar refractivity (Wildman–Crippen MR) is 72.2 cm³/mol. The molecule has 0 saturated carbocycles. The highest BCUT2D eigenvalue weighted by atomic mass is 19.1. The molecule has 2 aromatic rings. The zero-order chi connectivity index (χ0) is 15.4. The molecule has 0 saturated heterocycles. The second-order valence-electron chi connectivity index (χ2n) is 4.25. The molecular formula is C16H12F2O3. The third-order valence-corrected chi connectivity index (χ3v) is 2.81. The molecule has 0 aliphatic carbocycles. The summed E-state index contributed by atoms with van der Waals surface area (Å²) in [4.78, 5) is 23.8. The molecule has 21 heavy (non-hydrogen) atoms. The van der Waals surface area contributed by atoms with E-state index in [4.69, 9.17) is 4.74 Å². The average molecular weight is 290 g/mol. The largest absolute Gasteiger partial charge is 0.462 e. The van der Waals surface area contributed by atoms with Crippen molar-refractivity contribution in [2.75, 3.05) is 6.61 Å². The fraction of sp³-hybridized carbons (Fsp3) is 0.125. The molecule has 0 amide bonds. The van der Waals surface area contributed by atoms with Crippen LogP contribution >= 0.6 is 0 Å². The Bertz CT molecular complexity index is 696. The molecule has 0 aromatic heterocycles. The second kappa shape index (κ2) is 6.26. The monoisotopic (exact) mass is 290 g/mol. The number of rotatable bonds is 4. The normalized spacial score (nSPS) is 10.2. The van der Waals surface area contributed by atoms with Crippen LogP contribution in [0, 0.1) is 11.6 Å². The van der Waals surface area contributed by atoms with Gasteiger partial charge in [-0.05, 0) is 37.3 Å². The highest BCUT2D eigenvalue weighted by Crippen LogP contribution is 2.17. The summed E-state index contributed by atoms with van der Waals surface area (Å²) in [6.45, 7) is 1.81. The molecular weight excluding hydrogens is 278 g/mol. The van der Waals surface area contributed by atoms with Gasteiger partial charge in [0.2, 0.25) is 0 Å². The highest BCUT2D eigenvalue weighted by Gasteiger charge is 2.17. The van der Waals surface area contributed by atoms with Gasteiger partial charge in [0.05, 0.1) is 17.7 Å². The highest BCUT2D eigenvalue weighted by molar-refractivity contribution is 6.10. The number of carbonyl (C=O) groups is 2. The first-order chi connectivity index (χ1) is 10.0. The van der Waals surface area contributed by atoms with E-state index in [1.807, 2.05) is 0 Å². The standard InChI is InChI=1S/C16H12F2O3/c1-2-21-16(20)11-6-7-14(18)13(9-11)15(19)10-4-3-5-12(17)8-10/h3-9H,2H2,1H3. The summed E-state index contributed by atoms with van der Waals surface area (Å²) >= 11 is 0. The summed E-state index contributed by atoms with van der Waals surface area (Å²) in [5, 5.41) is 0. The summed E-state index contributed by atoms with van der Waals surface area (Å²) in [5.74, 6) is -2.72. The molecule has 3 nitrogen and oxygen atoms in total. The SMILES string of the molecule is CCOC(=O)c1ccc(F)c(C(=O)c2cccc(F)c2)c1. The van der Waals surface area contributed by atoms with Crippen LogP contribution in [0.2, 0.25) is 0 Å². The van der Waals surface area contributed by atoms with E-state index in [-0.39, 0.29) is 23.3 Å². The molecule has 0 unspecified atom stereocenters. The quantitative estimate of drug-likeness (QED) is 0.640. The number of halogens is 2. The third kappa shape index (κ3) is 3.31. The lowest BCUT2D eigenvalue weighted by atomic mass is 10.0. The van der Waals surface area contributed by atoms with E-state index in [0.29, 0.717) is 0 Å². The zero-order valence-electron chi connectivity index (χ0n) is 11.2. The molecule has 0 N–H and O–H groups in total. The maximum Gasteiger partial charge on any atom is 0.338 e. The number of hydrogen-bond acceptors (Lipinski definition) is 3. The zero-order valence-corrected chi connectivity index (χ0v) is 11.2. The number of ketones is 1. The van der Waals surface area contributed by atoms with Crippen molar-refractivity contribution in [1.82, 2.24) is 0 Å². The maximum absolute atomic E-state index is 13.8. The second-order valence-corrected chi connectivity index (χ2v) is 4.25. The molecule has 108 valence electrons. The van der Waals surface area contributed by atoms with Gasteiger partial charge in [-0.1, -0.05) is 12.1 Å². The van der Waals surface area contributed by atoms with Crippen molar-refractivity contribution in [3.8, 4) is 0 Å². The predicted octanol–water partition coefficient (Wildman–Crippen LogP) is 3.37. The molecule has 2 aromatic carbocycles. The maximum atomic E-state index is 13.8. The van der Waals surface area contributed by atoms with Gasteiger partial charge in [-0.25, -0.2) is 13.6 Å². The molecule has 0 aliphatic rings. The number of esters is 1. The van der Waals surface area contributed by atoms with E-state index >= 15 is 0 Å². The topological polar surface area (TPSA) is 43.4 Å². The third-order valence-electron chi connectivity index (χ3n) is 2.81. The Morgan fingerprint density at radius 3 is 2.48 bits per heavy atom. The van der Waals surface area contributed by atoms with E-state index in [1.165, 1.54) is 24.3 Å². The molecule has 0 heterocycles. The van der Waals surface area contributed by atoms with Gasteiger partial charge in [0, 0.05) is 5.56 Å². The van der Waals surface area contributed by atoms with Crippen LogP contribution in [0.4, 0.5) is 8.78 Å². The van der Waals surface area contributed by atoms with E-state index in [2.05, 4.69) is 0 Å². The summed E-state index contributed by atoms with van der Waals surface area (Å²) in [5.41, 5.74) is -0.223. The molecule has 0 atom stereocenters. The smallest absolute Gasteiger partial charge is 0.338 e. The van der Waals surface area contributed by atoms with Gasteiger partial charge in [0.15, 0.2) is 5.78 Å². The summed E-state index contributed by atoms with van der Waals surface area (Å²) < 4.78 is 31.7. The van der Waals surface area contributed by atoms with E-state index in [0.717, 1.165) is 18.2 Å². The van der Waals surface area contributed by atoms with Crippen molar-refractivity contribution in [1.29, 1.82) is 0 Å². The minimum absolute atomic E-state index is 0.00917. The van der Waals surface area contributed by atoms with Gasteiger partial charge in [0.25, 0.3) is 0 Å². The molecule has 0 spiro atoms. The molecule has 0 radical (unpaired) electrons. The van der Waals surface area contributed by atoms with Gasteiger partial charge in [-0.3, -0.25) is 4.79 Å². The molecule has 2 rings (SSSR count). The Hall–Kier alpha value is -2.56. The summed E-state index contributed by atoms with van der Waals surface area (Å²) in [7, 11) is 0. The fourth-order valence-corrected chi connectivity index (χ4v) is 1.83. The lowest BCUT2D eigenvalue weighted by Crippen LogP contribution is -2.09. The van der Waals surface area contributed by atoms with E-state index in [9.17, 15) is 18.4 Å². The number of hydrogen-bond donors (Lipinski definition) is 0. The number of benzene rings is 2. The molecule has 0 aliphatic heterocycles. The molecule has 5 heteroatoms. The minimum atomic E-state index is -0.780. The first-order valence-corrected chi connectivity index (χ1v) is 6.30. The average Bonchev–Trinajstić information content (AvgIpc) is 2.47. The van der Waals surface area contributed by atoms with Gasteiger partial charge in [-0.2, -0.15) is 0 Å². The van der Waals surface area contributed by atoms with Gasteiger partial charge in [-0.15, -0.1) is 0 Å². The Morgan fingerprint density at radius 2 is 1.81 bits per heavy atom. The Balaban J connectivity index is 2.41. The lowest BCUT2D eigenvalue weighted by Gasteiger charge is -2.06. The Labute approximate surface area is 120 Å². The van der Waals surface area contributed by atoms with E-state index < -0.39 is 23.4 Å². The van der Waals surface area contributed by atoms with Crippen LogP contribution in [0.1, 0.15) is 33.2 Å². The minimum Gasteiger partial charge on any atom is -0.462 e. The number of carbonyl (C=O) groups excluding carboxylic acids is 2. The van der Waals surface area contributed by atoms with Crippen LogP contribution in [-0.4, -0.2) is 18.4 Å². The lowest BCUT2D eigenvalue weighted by molar-refractivity contribution is 0.0526. The van der Waals surface area contributed by atoms with Crippen LogP contribution in [0.5, 0.6) is 0 Å². The van der Waals surface area contributed by atoms with Gasteiger partial charge >= 0.3 is 5.97 Å². The Morgan fingerprint density at radius 1 is 1.05 bits per heavy atom. The summed E-state index contributed by atoms with van der Waals surface area (Å²) in [6, 6.07) is 8.29. The number of ether oxygens (including phenoxy) is 1.